The zero-order chi connectivity index (χ0) is 17.1. The second kappa shape index (κ2) is 7.07. The molecule has 4 nitrogen and oxygen atoms in total. The first-order valence-electron chi connectivity index (χ1n) is 7.37. The van der Waals surface area contributed by atoms with Gasteiger partial charge in [0, 0.05) is 39.3 Å². The largest absolute Gasteiger partial charge is 0.334 e. The van der Waals surface area contributed by atoms with Gasteiger partial charge in [0.1, 0.15) is 0 Å². The number of anilines is 1. The van der Waals surface area contributed by atoms with Crippen LogP contribution in [0.15, 0.2) is 48.7 Å². The minimum atomic E-state index is -0.303. The lowest BCUT2D eigenvalue weighted by molar-refractivity contribution is 0.252. The minimum absolute atomic E-state index is 0.303. The highest BCUT2D eigenvalue weighted by Crippen LogP contribution is 2.24. The molecular formula is C18H15Cl2N3O. The molecule has 3 aromatic rings. The quantitative estimate of drug-likeness (QED) is 0.677. The first-order valence-corrected chi connectivity index (χ1v) is 8.13. The van der Waals surface area contributed by atoms with Gasteiger partial charge in [-0.2, -0.15) is 0 Å². The van der Waals surface area contributed by atoms with Gasteiger partial charge in [-0.3, -0.25) is 4.98 Å². The van der Waals surface area contributed by atoms with Crippen LogP contribution in [0.5, 0.6) is 0 Å². The fraction of sp³-hybridized carbons (Fsp3) is 0.111. The summed E-state index contributed by atoms with van der Waals surface area (Å²) in [6.07, 6.45) is 1.79. The second-order valence-electron chi connectivity index (χ2n) is 5.40. The van der Waals surface area contributed by atoms with Crippen molar-refractivity contribution in [1.82, 2.24) is 10.3 Å². The van der Waals surface area contributed by atoms with Crippen LogP contribution in [0, 0.1) is 6.92 Å². The van der Waals surface area contributed by atoms with Gasteiger partial charge < -0.3 is 10.6 Å². The van der Waals surface area contributed by atoms with Crippen molar-refractivity contribution in [2.24, 2.45) is 0 Å². The number of hydrogen-bond donors (Lipinski definition) is 2. The maximum Gasteiger partial charge on any atom is 0.319 e. The van der Waals surface area contributed by atoms with Gasteiger partial charge in [0.2, 0.25) is 0 Å². The molecule has 0 aliphatic rings. The SMILES string of the molecule is Cc1cc2c(NC(=O)NCc3ccc(Cl)cc3Cl)cccc2cn1. The monoisotopic (exact) mass is 359 g/mol. The molecule has 0 bridgehead atoms. The van der Waals surface area contributed by atoms with E-state index >= 15 is 0 Å². The van der Waals surface area contributed by atoms with Gasteiger partial charge in [0.25, 0.3) is 0 Å². The Morgan fingerprint density at radius 2 is 2.00 bits per heavy atom. The van der Waals surface area contributed by atoms with Gasteiger partial charge >= 0.3 is 6.03 Å². The second-order valence-corrected chi connectivity index (χ2v) is 6.24. The van der Waals surface area contributed by atoms with Crippen molar-refractivity contribution in [3.63, 3.8) is 0 Å². The minimum Gasteiger partial charge on any atom is -0.334 e. The Balaban J connectivity index is 1.72. The first-order chi connectivity index (χ1) is 11.5. The zero-order valence-corrected chi connectivity index (χ0v) is 14.4. The fourth-order valence-electron chi connectivity index (χ4n) is 2.39. The molecule has 1 heterocycles. The van der Waals surface area contributed by atoms with E-state index in [1.165, 1.54) is 0 Å². The number of rotatable bonds is 3. The summed E-state index contributed by atoms with van der Waals surface area (Å²) in [6, 6.07) is 12.5. The van der Waals surface area contributed by atoms with Gasteiger partial charge in [0.15, 0.2) is 0 Å². The number of urea groups is 1. The number of carbonyl (C=O) groups is 1. The summed E-state index contributed by atoms with van der Waals surface area (Å²) in [5.74, 6) is 0. The van der Waals surface area contributed by atoms with Crippen molar-refractivity contribution >= 4 is 45.7 Å². The van der Waals surface area contributed by atoms with Crippen LogP contribution in [0.1, 0.15) is 11.3 Å². The van der Waals surface area contributed by atoms with E-state index in [0.29, 0.717) is 16.6 Å². The molecule has 2 aromatic carbocycles. The van der Waals surface area contributed by atoms with Crippen molar-refractivity contribution in [1.29, 1.82) is 0 Å². The van der Waals surface area contributed by atoms with Crippen molar-refractivity contribution in [3.8, 4) is 0 Å². The number of halogens is 2. The molecule has 2 amide bonds. The topological polar surface area (TPSA) is 54.0 Å². The van der Waals surface area contributed by atoms with E-state index in [2.05, 4.69) is 15.6 Å². The molecule has 0 radical (unpaired) electrons. The third-order valence-electron chi connectivity index (χ3n) is 3.60. The van der Waals surface area contributed by atoms with Gasteiger partial charge in [-0.25, -0.2) is 4.79 Å². The molecule has 3 rings (SSSR count). The maximum atomic E-state index is 12.2. The lowest BCUT2D eigenvalue weighted by Gasteiger charge is -2.11. The van der Waals surface area contributed by atoms with E-state index in [9.17, 15) is 4.79 Å². The van der Waals surface area contributed by atoms with E-state index < -0.39 is 0 Å². The molecule has 0 atom stereocenters. The molecule has 0 aliphatic heterocycles. The number of aryl methyl sites for hydroxylation is 1. The highest BCUT2D eigenvalue weighted by atomic mass is 35.5. The number of amides is 2. The van der Waals surface area contributed by atoms with Gasteiger partial charge in [-0.05, 0) is 36.8 Å². The molecule has 2 N–H and O–H groups in total. The summed E-state index contributed by atoms with van der Waals surface area (Å²) in [6.45, 7) is 2.23. The summed E-state index contributed by atoms with van der Waals surface area (Å²) in [4.78, 5) is 16.5. The molecule has 0 saturated carbocycles. The lowest BCUT2D eigenvalue weighted by atomic mass is 10.1. The molecule has 0 unspecified atom stereocenters. The highest BCUT2D eigenvalue weighted by Gasteiger charge is 2.07. The standard InChI is InChI=1S/C18H15Cl2N3O/c1-11-7-15-12(9-21-11)3-2-4-17(15)23-18(24)22-10-13-5-6-14(19)8-16(13)20/h2-9H,10H2,1H3,(H2,22,23,24). The van der Waals surface area contributed by atoms with E-state index in [0.717, 1.165) is 27.7 Å². The number of carbonyl (C=O) groups excluding carboxylic acids is 1. The molecule has 122 valence electrons. The summed E-state index contributed by atoms with van der Waals surface area (Å²) in [5, 5.41) is 8.67. The third-order valence-corrected chi connectivity index (χ3v) is 4.19. The van der Waals surface area contributed by atoms with Gasteiger partial charge in [-0.15, -0.1) is 0 Å². The van der Waals surface area contributed by atoms with E-state index in [-0.39, 0.29) is 6.03 Å². The summed E-state index contributed by atoms with van der Waals surface area (Å²) in [7, 11) is 0. The molecule has 0 saturated heterocycles. The average molecular weight is 360 g/mol. The average Bonchev–Trinajstić information content (AvgIpc) is 2.54. The Kier molecular flexibility index (Phi) is 4.88. The van der Waals surface area contributed by atoms with Crippen LogP contribution in [0.4, 0.5) is 10.5 Å². The zero-order valence-electron chi connectivity index (χ0n) is 12.9. The maximum absolute atomic E-state index is 12.2. The van der Waals surface area contributed by atoms with Crippen LogP contribution in [-0.4, -0.2) is 11.0 Å². The third kappa shape index (κ3) is 3.78. The van der Waals surface area contributed by atoms with Crippen molar-refractivity contribution in [2.75, 3.05) is 5.32 Å². The number of nitrogens with one attached hydrogen (secondary N) is 2. The number of hydrogen-bond acceptors (Lipinski definition) is 2. The summed E-state index contributed by atoms with van der Waals surface area (Å²) in [5.41, 5.74) is 2.43. The Hall–Kier alpha value is -2.30. The summed E-state index contributed by atoms with van der Waals surface area (Å²) < 4.78 is 0. The Bertz CT molecular complexity index is 912. The van der Waals surface area contributed by atoms with Gasteiger partial charge in [-0.1, -0.05) is 41.4 Å². The van der Waals surface area contributed by atoms with Crippen LogP contribution >= 0.6 is 23.2 Å². The molecule has 0 aliphatic carbocycles. The summed E-state index contributed by atoms with van der Waals surface area (Å²) >= 11 is 12.0. The molecule has 24 heavy (non-hydrogen) atoms. The van der Waals surface area contributed by atoms with Crippen LogP contribution in [-0.2, 0) is 6.54 Å². The van der Waals surface area contributed by atoms with Crippen LogP contribution in [0.2, 0.25) is 10.0 Å². The fourth-order valence-corrected chi connectivity index (χ4v) is 2.87. The van der Waals surface area contributed by atoms with Crippen LogP contribution in [0.3, 0.4) is 0 Å². The van der Waals surface area contributed by atoms with Crippen molar-refractivity contribution < 1.29 is 4.79 Å². The smallest absolute Gasteiger partial charge is 0.319 e. The van der Waals surface area contributed by atoms with Crippen LogP contribution < -0.4 is 10.6 Å². The number of pyridine rings is 1. The van der Waals surface area contributed by atoms with Crippen molar-refractivity contribution in [2.45, 2.75) is 13.5 Å². The molecule has 0 spiro atoms. The number of nitrogens with zero attached hydrogens (tertiary/aromatic N) is 1. The normalized spacial score (nSPS) is 10.6. The number of benzene rings is 2. The van der Waals surface area contributed by atoms with Crippen LogP contribution in [0.25, 0.3) is 10.8 Å². The predicted octanol–water partition coefficient (Wildman–Crippen LogP) is 5.17. The first kappa shape index (κ1) is 16.6. The lowest BCUT2D eigenvalue weighted by Crippen LogP contribution is -2.28. The molecule has 0 fully saturated rings. The Labute approximate surface area is 149 Å². The molecular weight excluding hydrogens is 345 g/mol. The van der Waals surface area contributed by atoms with E-state index in [4.69, 9.17) is 23.2 Å². The Morgan fingerprint density at radius 3 is 2.79 bits per heavy atom. The highest BCUT2D eigenvalue weighted by molar-refractivity contribution is 6.35. The Morgan fingerprint density at radius 1 is 1.17 bits per heavy atom. The number of aromatic nitrogens is 1. The van der Waals surface area contributed by atoms with E-state index in [1.807, 2.05) is 31.2 Å². The number of fused-ring (bicyclic) bond motifs is 1. The van der Waals surface area contributed by atoms with Crippen molar-refractivity contribution in [3.05, 3.63) is 70.0 Å². The predicted molar refractivity (Wildman–Crippen MR) is 98.8 cm³/mol. The molecule has 1 aromatic heterocycles. The molecule has 6 heteroatoms. The van der Waals surface area contributed by atoms with E-state index in [1.54, 1.807) is 24.4 Å². The van der Waals surface area contributed by atoms with Gasteiger partial charge in [0.05, 0.1) is 5.69 Å².